The van der Waals surface area contributed by atoms with Crippen LogP contribution in [0.1, 0.15) is 42.3 Å². The Morgan fingerprint density at radius 2 is 1.62 bits per heavy atom. The number of fused-ring (bicyclic) bond motifs is 1. The van der Waals surface area contributed by atoms with Gasteiger partial charge < -0.3 is 4.90 Å². The first-order chi connectivity index (χ1) is 11.4. The van der Waals surface area contributed by atoms with Gasteiger partial charge in [0.2, 0.25) is 0 Å². The van der Waals surface area contributed by atoms with Gasteiger partial charge in [0.15, 0.2) is 0 Å². The lowest BCUT2D eigenvalue weighted by Crippen LogP contribution is -2.49. The first-order valence-corrected chi connectivity index (χ1v) is 8.61. The molecule has 0 saturated heterocycles. The molecule has 0 bridgehead atoms. The number of carbonyl (C=O) groups is 1. The van der Waals surface area contributed by atoms with Crippen LogP contribution >= 0.6 is 0 Å². The van der Waals surface area contributed by atoms with Crippen molar-refractivity contribution in [2.24, 2.45) is 0 Å². The summed E-state index contributed by atoms with van der Waals surface area (Å²) in [5.74, 6) is 0.139. The summed E-state index contributed by atoms with van der Waals surface area (Å²) in [5.41, 5.74) is 3.11. The van der Waals surface area contributed by atoms with Crippen LogP contribution in [-0.2, 0) is 13.0 Å². The molecule has 1 aliphatic rings. The van der Waals surface area contributed by atoms with E-state index >= 15 is 0 Å². The van der Waals surface area contributed by atoms with Crippen molar-refractivity contribution >= 4 is 5.91 Å². The Bertz CT molecular complexity index is 703. The summed E-state index contributed by atoms with van der Waals surface area (Å²) >= 11 is 0. The highest BCUT2D eigenvalue weighted by atomic mass is 16.2. The van der Waals surface area contributed by atoms with E-state index in [9.17, 15) is 4.79 Å². The average Bonchev–Trinajstić information content (AvgIpc) is 2.71. The van der Waals surface area contributed by atoms with Gasteiger partial charge in [0.25, 0.3) is 5.91 Å². The van der Waals surface area contributed by atoms with E-state index in [0.717, 1.165) is 30.6 Å². The van der Waals surface area contributed by atoms with Gasteiger partial charge in [-0.15, -0.1) is 0 Å². The molecule has 3 heteroatoms. The van der Waals surface area contributed by atoms with Crippen LogP contribution in [0.2, 0.25) is 0 Å². The monoisotopic (exact) mass is 322 g/mol. The minimum atomic E-state index is -0.195. The largest absolute Gasteiger partial charge is 0.321 e. The molecule has 0 fully saturated rings. The Kier molecular flexibility index (Phi) is 4.72. The first-order valence-electron chi connectivity index (χ1n) is 8.61. The third kappa shape index (κ3) is 3.68. The fourth-order valence-electron chi connectivity index (χ4n) is 3.17. The predicted molar refractivity (Wildman–Crippen MR) is 97.8 cm³/mol. The fraction of sp³-hybridized carbons (Fsp3) is 0.381. The topological polar surface area (TPSA) is 23.6 Å². The standard InChI is InChI=1S/C21H26N2O/c1-21(2,3)23-16-22(14-13-17-9-5-4-6-10-17)15-18-11-7-8-12-19(18)20(23)24/h4-12H,13-16H2,1-3H3. The van der Waals surface area contributed by atoms with Gasteiger partial charge in [-0.1, -0.05) is 48.5 Å². The maximum atomic E-state index is 13.0. The van der Waals surface area contributed by atoms with Crippen LogP contribution in [0.3, 0.4) is 0 Å². The molecule has 0 N–H and O–H groups in total. The second-order valence-corrected chi connectivity index (χ2v) is 7.49. The van der Waals surface area contributed by atoms with E-state index < -0.39 is 0 Å². The van der Waals surface area contributed by atoms with Crippen molar-refractivity contribution in [1.29, 1.82) is 0 Å². The van der Waals surface area contributed by atoms with Gasteiger partial charge in [-0.2, -0.15) is 0 Å². The number of benzene rings is 2. The maximum absolute atomic E-state index is 13.0. The molecule has 0 spiro atoms. The van der Waals surface area contributed by atoms with Crippen molar-refractivity contribution in [3.63, 3.8) is 0 Å². The average molecular weight is 322 g/mol. The molecule has 126 valence electrons. The van der Waals surface area contributed by atoms with Crippen LogP contribution < -0.4 is 0 Å². The summed E-state index contributed by atoms with van der Waals surface area (Å²) in [4.78, 5) is 17.4. The second-order valence-electron chi connectivity index (χ2n) is 7.49. The molecule has 0 aliphatic carbocycles. The fourth-order valence-corrected chi connectivity index (χ4v) is 3.17. The molecule has 0 unspecified atom stereocenters. The quantitative estimate of drug-likeness (QED) is 0.854. The van der Waals surface area contributed by atoms with Crippen LogP contribution in [0.15, 0.2) is 54.6 Å². The Morgan fingerprint density at radius 1 is 0.958 bits per heavy atom. The molecule has 0 saturated carbocycles. The SMILES string of the molecule is CC(C)(C)N1CN(CCc2ccccc2)Cc2ccccc2C1=O. The van der Waals surface area contributed by atoms with Gasteiger partial charge in [0.1, 0.15) is 0 Å². The Hall–Kier alpha value is -2.13. The van der Waals surface area contributed by atoms with E-state index in [0.29, 0.717) is 6.67 Å². The summed E-state index contributed by atoms with van der Waals surface area (Å²) in [6.45, 7) is 8.75. The molecule has 2 aromatic rings. The molecule has 3 nitrogen and oxygen atoms in total. The van der Waals surface area contributed by atoms with E-state index in [2.05, 4.69) is 56.0 Å². The summed E-state index contributed by atoms with van der Waals surface area (Å²) in [6.07, 6.45) is 0.995. The molecule has 2 aromatic carbocycles. The molecule has 1 heterocycles. The summed E-state index contributed by atoms with van der Waals surface area (Å²) in [7, 11) is 0. The normalized spacial score (nSPS) is 16.0. The van der Waals surface area contributed by atoms with Crippen LogP contribution in [0, 0.1) is 0 Å². The van der Waals surface area contributed by atoms with Crippen molar-refractivity contribution < 1.29 is 4.79 Å². The summed E-state index contributed by atoms with van der Waals surface area (Å²) in [6, 6.07) is 18.6. The highest BCUT2D eigenvalue weighted by Crippen LogP contribution is 2.25. The van der Waals surface area contributed by atoms with Gasteiger partial charge in [-0.05, 0) is 44.4 Å². The number of carbonyl (C=O) groups excluding carboxylic acids is 1. The van der Waals surface area contributed by atoms with Gasteiger partial charge in [0, 0.05) is 24.2 Å². The highest BCUT2D eigenvalue weighted by Gasteiger charge is 2.32. The smallest absolute Gasteiger partial charge is 0.255 e. The van der Waals surface area contributed by atoms with E-state index in [1.54, 1.807) is 0 Å². The van der Waals surface area contributed by atoms with E-state index in [1.165, 1.54) is 5.56 Å². The van der Waals surface area contributed by atoms with Crippen LogP contribution in [-0.4, -0.2) is 34.5 Å². The molecule has 1 aliphatic heterocycles. The van der Waals surface area contributed by atoms with Gasteiger partial charge in [-0.3, -0.25) is 9.69 Å². The van der Waals surface area contributed by atoms with Crippen LogP contribution in [0.25, 0.3) is 0 Å². The van der Waals surface area contributed by atoms with E-state index in [1.807, 2.05) is 29.2 Å². The van der Waals surface area contributed by atoms with Crippen molar-refractivity contribution in [3.8, 4) is 0 Å². The number of amides is 1. The molecule has 24 heavy (non-hydrogen) atoms. The molecule has 0 atom stereocenters. The van der Waals surface area contributed by atoms with Crippen molar-refractivity contribution in [2.45, 2.75) is 39.3 Å². The van der Waals surface area contributed by atoms with Crippen LogP contribution in [0.4, 0.5) is 0 Å². The number of rotatable bonds is 3. The molecule has 0 aromatic heterocycles. The van der Waals surface area contributed by atoms with Crippen molar-refractivity contribution in [2.75, 3.05) is 13.2 Å². The van der Waals surface area contributed by atoms with Crippen LogP contribution in [0.5, 0.6) is 0 Å². The maximum Gasteiger partial charge on any atom is 0.255 e. The van der Waals surface area contributed by atoms with Gasteiger partial charge >= 0.3 is 0 Å². The molecular formula is C21H26N2O. The third-order valence-electron chi connectivity index (χ3n) is 4.60. The van der Waals surface area contributed by atoms with Crippen molar-refractivity contribution in [3.05, 3.63) is 71.3 Å². The van der Waals surface area contributed by atoms with Gasteiger partial charge in [-0.25, -0.2) is 0 Å². The number of hydrogen-bond acceptors (Lipinski definition) is 2. The number of nitrogens with zero attached hydrogens (tertiary/aromatic N) is 2. The molecule has 1 amide bonds. The lowest BCUT2D eigenvalue weighted by atomic mass is 10.0. The predicted octanol–water partition coefficient (Wildman–Crippen LogP) is 3.94. The van der Waals surface area contributed by atoms with Gasteiger partial charge in [0.05, 0.1) is 6.67 Å². The zero-order valence-corrected chi connectivity index (χ0v) is 14.8. The minimum absolute atomic E-state index is 0.139. The Morgan fingerprint density at radius 3 is 2.33 bits per heavy atom. The second kappa shape index (κ2) is 6.78. The molecular weight excluding hydrogens is 296 g/mol. The first kappa shape index (κ1) is 16.7. The summed E-state index contributed by atoms with van der Waals surface area (Å²) in [5, 5.41) is 0. The Balaban J connectivity index is 1.84. The zero-order valence-electron chi connectivity index (χ0n) is 14.8. The molecule has 0 radical (unpaired) electrons. The lowest BCUT2D eigenvalue weighted by Gasteiger charge is -2.37. The zero-order chi connectivity index (χ0) is 17.2. The highest BCUT2D eigenvalue weighted by molar-refractivity contribution is 5.96. The number of hydrogen-bond donors (Lipinski definition) is 0. The third-order valence-corrected chi connectivity index (χ3v) is 4.60. The Labute approximate surface area is 144 Å². The minimum Gasteiger partial charge on any atom is -0.321 e. The van der Waals surface area contributed by atoms with Crippen molar-refractivity contribution in [1.82, 2.24) is 9.80 Å². The molecule has 3 rings (SSSR count). The van der Waals surface area contributed by atoms with E-state index in [4.69, 9.17) is 0 Å². The summed E-state index contributed by atoms with van der Waals surface area (Å²) < 4.78 is 0. The van der Waals surface area contributed by atoms with E-state index in [-0.39, 0.29) is 11.4 Å². The lowest BCUT2D eigenvalue weighted by molar-refractivity contribution is 0.0386.